The molecule has 0 saturated carbocycles. The molecule has 0 aliphatic carbocycles. The summed E-state index contributed by atoms with van der Waals surface area (Å²) < 4.78 is 0. The molecule has 0 heterocycles. The number of hydrogen-bond donors (Lipinski definition) is 0. The first-order chi connectivity index (χ1) is 6.39. The molecule has 1 unspecified atom stereocenters. The molecule has 0 aromatic heterocycles. The Morgan fingerprint density at radius 1 is 1.29 bits per heavy atom. The normalized spacial score (nSPS) is 15.2. The Morgan fingerprint density at radius 2 is 1.86 bits per heavy atom. The molecule has 0 aliphatic heterocycles. The first-order valence-corrected chi connectivity index (χ1v) is 5.23. The average molecular weight is 194 g/mol. The van der Waals surface area contributed by atoms with Crippen LogP contribution in [0.15, 0.2) is 23.8 Å². The predicted molar refractivity (Wildman–Crippen MR) is 62.3 cm³/mol. The van der Waals surface area contributed by atoms with Crippen molar-refractivity contribution in [3.05, 3.63) is 23.8 Å². The van der Waals surface area contributed by atoms with E-state index in [2.05, 4.69) is 33.8 Å². The molecule has 0 bridgehead atoms. The third kappa shape index (κ3) is 5.74. The molecule has 0 amide bonds. The Morgan fingerprint density at radius 3 is 2.21 bits per heavy atom. The molecule has 0 fully saturated rings. The molecule has 0 rings (SSSR count). The van der Waals surface area contributed by atoms with Crippen LogP contribution in [0, 0.1) is 5.41 Å². The highest BCUT2D eigenvalue weighted by Crippen LogP contribution is 2.28. The topological polar surface area (TPSA) is 17.1 Å². The van der Waals surface area contributed by atoms with Gasteiger partial charge in [0.05, 0.1) is 0 Å². The van der Waals surface area contributed by atoms with Crippen molar-refractivity contribution in [2.45, 2.75) is 47.5 Å². The lowest BCUT2D eigenvalue weighted by Crippen LogP contribution is -2.10. The van der Waals surface area contributed by atoms with Gasteiger partial charge in [0.15, 0.2) is 5.78 Å². The van der Waals surface area contributed by atoms with Crippen LogP contribution in [0.5, 0.6) is 0 Å². The molecule has 1 nitrogen and oxygen atoms in total. The summed E-state index contributed by atoms with van der Waals surface area (Å²) in [5.74, 6) is 0.127. The molecule has 80 valence electrons. The van der Waals surface area contributed by atoms with Crippen LogP contribution in [0.25, 0.3) is 0 Å². The number of rotatable bonds is 5. The van der Waals surface area contributed by atoms with E-state index in [-0.39, 0.29) is 11.2 Å². The second-order valence-electron chi connectivity index (χ2n) is 4.44. The van der Waals surface area contributed by atoms with Gasteiger partial charge in [-0.1, -0.05) is 31.6 Å². The van der Waals surface area contributed by atoms with E-state index in [4.69, 9.17) is 0 Å². The molecule has 0 radical (unpaired) electrons. The quantitative estimate of drug-likeness (QED) is 0.479. The van der Waals surface area contributed by atoms with Gasteiger partial charge in [-0.2, -0.15) is 0 Å². The van der Waals surface area contributed by atoms with Crippen LogP contribution >= 0.6 is 0 Å². The fraction of sp³-hybridized carbons (Fsp3) is 0.615. The van der Waals surface area contributed by atoms with Crippen LogP contribution in [-0.4, -0.2) is 5.78 Å². The average Bonchev–Trinajstić information content (AvgIpc) is 2.11. The number of carbonyl (C=O) groups excluding carboxylic acids is 1. The molecule has 0 aromatic carbocycles. The van der Waals surface area contributed by atoms with E-state index in [1.54, 1.807) is 13.0 Å². The molecular formula is C13H22O. The van der Waals surface area contributed by atoms with E-state index in [1.807, 2.05) is 6.08 Å². The molecule has 0 saturated heterocycles. The molecule has 1 heteroatoms. The maximum Gasteiger partial charge on any atom is 0.152 e. The monoisotopic (exact) mass is 194 g/mol. The van der Waals surface area contributed by atoms with Crippen molar-refractivity contribution >= 4 is 5.78 Å². The highest BCUT2D eigenvalue weighted by atomic mass is 16.1. The van der Waals surface area contributed by atoms with E-state index in [9.17, 15) is 4.79 Å². The van der Waals surface area contributed by atoms with Gasteiger partial charge in [0.2, 0.25) is 0 Å². The molecule has 14 heavy (non-hydrogen) atoms. The molecule has 0 N–H and O–H groups in total. The molecular weight excluding hydrogens is 172 g/mol. The van der Waals surface area contributed by atoms with E-state index in [0.29, 0.717) is 0 Å². The Labute approximate surface area is 87.9 Å². The van der Waals surface area contributed by atoms with Crippen molar-refractivity contribution in [2.75, 3.05) is 0 Å². The number of ketones is 1. The van der Waals surface area contributed by atoms with E-state index in [1.165, 1.54) is 5.57 Å². The summed E-state index contributed by atoms with van der Waals surface area (Å²) in [6.45, 7) is 10.1. The Bertz CT molecular complexity index is 244. The molecule has 0 aliphatic rings. The van der Waals surface area contributed by atoms with Crippen molar-refractivity contribution in [1.29, 1.82) is 0 Å². The number of hydrogen-bond acceptors (Lipinski definition) is 1. The summed E-state index contributed by atoms with van der Waals surface area (Å²) in [5.41, 5.74) is 1.46. The second kappa shape index (κ2) is 5.79. The van der Waals surface area contributed by atoms with E-state index in [0.717, 1.165) is 12.8 Å². The van der Waals surface area contributed by atoms with Gasteiger partial charge in [0.25, 0.3) is 0 Å². The Balaban J connectivity index is 4.47. The first kappa shape index (κ1) is 13.2. The lowest BCUT2D eigenvalue weighted by atomic mass is 9.83. The van der Waals surface area contributed by atoms with Crippen LogP contribution < -0.4 is 0 Å². The Kier molecular flexibility index (Phi) is 5.44. The summed E-state index contributed by atoms with van der Waals surface area (Å²) in [4.78, 5) is 10.8. The van der Waals surface area contributed by atoms with Gasteiger partial charge in [-0.25, -0.2) is 0 Å². The van der Waals surface area contributed by atoms with Gasteiger partial charge in [-0.3, -0.25) is 4.79 Å². The van der Waals surface area contributed by atoms with Crippen LogP contribution in [0.1, 0.15) is 47.5 Å². The van der Waals surface area contributed by atoms with E-state index >= 15 is 0 Å². The van der Waals surface area contributed by atoms with Gasteiger partial charge < -0.3 is 0 Å². The SMILES string of the molecule is CCC(C)(C=CC(C)=O)CC=C(C)C. The van der Waals surface area contributed by atoms with Crippen molar-refractivity contribution in [3.63, 3.8) is 0 Å². The van der Waals surface area contributed by atoms with Crippen LogP contribution in [0.2, 0.25) is 0 Å². The van der Waals surface area contributed by atoms with Crippen LogP contribution in [-0.2, 0) is 4.79 Å². The van der Waals surface area contributed by atoms with Crippen LogP contribution in [0.4, 0.5) is 0 Å². The second-order valence-corrected chi connectivity index (χ2v) is 4.44. The summed E-state index contributed by atoms with van der Waals surface area (Å²) in [6.07, 6.45) is 8.02. The molecule has 1 atom stereocenters. The zero-order valence-electron chi connectivity index (χ0n) is 10.1. The van der Waals surface area contributed by atoms with E-state index < -0.39 is 0 Å². The third-order valence-corrected chi connectivity index (χ3v) is 2.50. The Hall–Kier alpha value is -0.850. The van der Waals surface area contributed by atoms with Gasteiger partial charge in [0, 0.05) is 0 Å². The summed E-state index contributed by atoms with van der Waals surface area (Å²) >= 11 is 0. The van der Waals surface area contributed by atoms with Crippen LogP contribution in [0.3, 0.4) is 0 Å². The lowest BCUT2D eigenvalue weighted by molar-refractivity contribution is -0.112. The highest BCUT2D eigenvalue weighted by molar-refractivity contribution is 5.87. The predicted octanol–water partition coefficient (Wildman–Crippen LogP) is 3.90. The lowest BCUT2D eigenvalue weighted by Gasteiger charge is -2.22. The fourth-order valence-corrected chi connectivity index (χ4v) is 1.09. The fourth-order valence-electron chi connectivity index (χ4n) is 1.09. The number of allylic oxidation sites excluding steroid dienone is 4. The van der Waals surface area contributed by atoms with Gasteiger partial charge in [0.1, 0.15) is 0 Å². The molecule has 0 aromatic rings. The zero-order chi connectivity index (χ0) is 11.2. The van der Waals surface area contributed by atoms with Crippen molar-refractivity contribution < 1.29 is 4.79 Å². The smallest absolute Gasteiger partial charge is 0.152 e. The van der Waals surface area contributed by atoms with Crippen molar-refractivity contribution in [2.24, 2.45) is 5.41 Å². The minimum atomic E-state index is 0.127. The maximum absolute atomic E-state index is 10.8. The van der Waals surface area contributed by atoms with Crippen molar-refractivity contribution in [1.82, 2.24) is 0 Å². The van der Waals surface area contributed by atoms with Gasteiger partial charge in [-0.05, 0) is 45.1 Å². The summed E-state index contributed by atoms with van der Waals surface area (Å²) in [6, 6.07) is 0. The maximum atomic E-state index is 10.8. The minimum Gasteiger partial charge on any atom is -0.295 e. The first-order valence-electron chi connectivity index (χ1n) is 5.23. The third-order valence-electron chi connectivity index (χ3n) is 2.50. The van der Waals surface area contributed by atoms with Crippen molar-refractivity contribution in [3.8, 4) is 0 Å². The zero-order valence-corrected chi connectivity index (χ0v) is 10.1. The summed E-state index contributed by atoms with van der Waals surface area (Å²) in [7, 11) is 0. The number of carbonyl (C=O) groups is 1. The highest BCUT2D eigenvalue weighted by Gasteiger charge is 2.16. The minimum absolute atomic E-state index is 0.127. The van der Waals surface area contributed by atoms with Gasteiger partial charge in [-0.15, -0.1) is 0 Å². The molecule has 0 spiro atoms. The standard InChI is InChI=1S/C13H22O/c1-6-13(5,9-7-11(2)3)10-8-12(4)14/h7-8,10H,6,9H2,1-5H3. The summed E-state index contributed by atoms with van der Waals surface area (Å²) in [5, 5.41) is 0. The van der Waals surface area contributed by atoms with Gasteiger partial charge >= 0.3 is 0 Å². The largest absolute Gasteiger partial charge is 0.295 e.